The Hall–Kier alpha value is -1.61. The Balaban J connectivity index is 2.52. The molecule has 3 nitrogen and oxygen atoms in total. The Morgan fingerprint density at radius 3 is 2.64 bits per heavy atom. The Kier molecular flexibility index (Phi) is 2.33. The van der Waals surface area contributed by atoms with Crippen LogP contribution < -0.4 is 5.73 Å². The molecule has 0 saturated carbocycles. The zero-order valence-electron chi connectivity index (χ0n) is 8.03. The molecule has 0 aliphatic rings. The van der Waals surface area contributed by atoms with Gasteiger partial charge in [0.25, 0.3) is 0 Å². The molecule has 3 heteroatoms. The van der Waals surface area contributed by atoms with Gasteiger partial charge in [-0.15, -0.1) is 0 Å². The molecule has 0 atom stereocenters. The number of benzene rings is 1. The third-order valence-electron chi connectivity index (χ3n) is 2.22. The lowest BCUT2D eigenvalue weighted by Crippen LogP contribution is -1.98. The number of hydrogen-bond donors (Lipinski definition) is 1. The molecule has 0 bridgehead atoms. The van der Waals surface area contributed by atoms with E-state index in [4.69, 9.17) is 10.3 Å². The Morgan fingerprint density at radius 1 is 1.29 bits per heavy atom. The summed E-state index contributed by atoms with van der Waals surface area (Å²) in [5.41, 5.74) is 8.50. The molecule has 14 heavy (non-hydrogen) atoms. The minimum Gasteiger partial charge on any atom is -0.356 e. The van der Waals surface area contributed by atoms with Crippen molar-refractivity contribution >= 4 is 0 Å². The summed E-state index contributed by atoms with van der Waals surface area (Å²) in [4.78, 5) is 0. The quantitative estimate of drug-likeness (QED) is 0.785. The first-order valence-electron chi connectivity index (χ1n) is 4.53. The fourth-order valence-electron chi connectivity index (χ4n) is 1.45. The molecule has 0 unspecified atom stereocenters. The van der Waals surface area contributed by atoms with Crippen LogP contribution in [-0.4, -0.2) is 5.16 Å². The van der Waals surface area contributed by atoms with Gasteiger partial charge in [-0.05, 0) is 6.92 Å². The third kappa shape index (κ3) is 1.42. The van der Waals surface area contributed by atoms with Crippen LogP contribution in [0.3, 0.4) is 0 Å². The van der Waals surface area contributed by atoms with Crippen molar-refractivity contribution in [2.45, 2.75) is 13.5 Å². The second-order valence-electron chi connectivity index (χ2n) is 3.15. The van der Waals surface area contributed by atoms with Gasteiger partial charge in [0, 0.05) is 17.7 Å². The van der Waals surface area contributed by atoms with E-state index in [0.29, 0.717) is 6.54 Å². The molecule has 0 spiro atoms. The first kappa shape index (κ1) is 8.97. The lowest BCUT2D eigenvalue weighted by molar-refractivity contribution is 0.426. The van der Waals surface area contributed by atoms with E-state index in [9.17, 15) is 0 Å². The molecule has 1 aromatic carbocycles. The summed E-state index contributed by atoms with van der Waals surface area (Å²) in [7, 11) is 0. The van der Waals surface area contributed by atoms with Gasteiger partial charge in [-0.2, -0.15) is 0 Å². The molecule has 2 rings (SSSR count). The predicted octanol–water partition coefficient (Wildman–Crippen LogP) is 2.11. The van der Waals surface area contributed by atoms with Gasteiger partial charge >= 0.3 is 0 Å². The van der Waals surface area contributed by atoms with E-state index in [2.05, 4.69) is 5.16 Å². The highest BCUT2D eigenvalue weighted by Gasteiger charge is 2.12. The van der Waals surface area contributed by atoms with Crippen LogP contribution in [0.15, 0.2) is 34.9 Å². The molecule has 2 aromatic rings. The molecule has 2 N–H and O–H groups in total. The third-order valence-corrected chi connectivity index (χ3v) is 2.22. The van der Waals surface area contributed by atoms with Crippen molar-refractivity contribution in [3.8, 4) is 11.3 Å². The van der Waals surface area contributed by atoms with Crippen LogP contribution in [0.5, 0.6) is 0 Å². The lowest BCUT2D eigenvalue weighted by atomic mass is 10.1. The molecular weight excluding hydrogens is 176 g/mol. The lowest BCUT2D eigenvalue weighted by Gasteiger charge is -1.98. The topological polar surface area (TPSA) is 52.0 Å². The maximum Gasteiger partial charge on any atom is 0.171 e. The molecule has 0 saturated heterocycles. The molecular formula is C11H12N2O. The van der Waals surface area contributed by atoms with E-state index in [1.54, 1.807) is 0 Å². The summed E-state index contributed by atoms with van der Waals surface area (Å²) in [5.74, 6) is 0.783. The van der Waals surface area contributed by atoms with Crippen LogP contribution in [-0.2, 0) is 6.54 Å². The maximum absolute atomic E-state index is 5.63. The second-order valence-corrected chi connectivity index (χ2v) is 3.15. The van der Waals surface area contributed by atoms with Crippen LogP contribution in [0.1, 0.15) is 11.3 Å². The normalized spacial score (nSPS) is 10.4. The van der Waals surface area contributed by atoms with Crippen LogP contribution in [0.25, 0.3) is 11.3 Å². The number of aryl methyl sites for hydroxylation is 1. The van der Waals surface area contributed by atoms with Gasteiger partial charge in [-0.1, -0.05) is 35.5 Å². The van der Waals surface area contributed by atoms with Crippen molar-refractivity contribution in [1.29, 1.82) is 0 Å². The molecule has 0 fully saturated rings. The van der Waals surface area contributed by atoms with E-state index in [0.717, 1.165) is 22.6 Å². The first-order valence-corrected chi connectivity index (χ1v) is 4.53. The number of nitrogens with two attached hydrogens (primary N) is 1. The van der Waals surface area contributed by atoms with Gasteiger partial charge < -0.3 is 10.3 Å². The molecule has 0 amide bonds. The molecule has 0 aliphatic heterocycles. The van der Waals surface area contributed by atoms with Crippen LogP contribution in [0.4, 0.5) is 0 Å². The van der Waals surface area contributed by atoms with E-state index < -0.39 is 0 Å². The summed E-state index contributed by atoms with van der Waals surface area (Å²) in [5, 5.41) is 3.91. The van der Waals surface area contributed by atoms with Crippen molar-refractivity contribution in [2.75, 3.05) is 0 Å². The average Bonchev–Trinajstić information content (AvgIpc) is 2.61. The largest absolute Gasteiger partial charge is 0.356 e. The van der Waals surface area contributed by atoms with Crippen LogP contribution in [0.2, 0.25) is 0 Å². The van der Waals surface area contributed by atoms with E-state index in [1.807, 2.05) is 37.3 Å². The highest BCUT2D eigenvalue weighted by Crippen LogP contribution is 2.25. The van der Waals surface area contributed by atoms with Gasteiger partial charge in [0.15, 0.2) is 5.76 Å². The minimum atomic E-state index is 0.458. The maximum atomic E-state index is 5.63. The number of aromatic nitrogens is 1. The van der Waals surface area contributed by atoms with E-state index >= 15 is 0 Å². The molecule has 72 valence electrons. The molecule has 0 aliphatic carbocycles. The van der Waals surface area contributed by atoms with Crippen molar-refractivity contribution in [1.82, 2.24) is 5.16 Å². The van der Waals surface area contributed by atoms with E-state index in [1.165, 1.54) is 0 Å². The fraction of sp³-hybridized carbons (Fsp3) is 0.182. The van der Waals surface area contributed by atoms with E-state index in [-0.39, 0.29) is 0 Å². The van der Waals surface area contributed by atoms with Gasteiger partial charge in [0.05, 0.1) is 5.69 Å². The Bertz CT molecular complexity index is 420. The van der Waals surface area contributed by atoms with Gasteiger partial charge in [0.2, 0.25) is 0 Å². The van der Waals surface area contributed by atoms with Gasteiger partial charge in [-0.25, -0.2) is 0 Å². The highest BCUT2D eigenvalue weighted by molar-refractivity contribution is 5.61. The summed E-state index contributed by atoms with van der Waals surface area (Å²) in [6, 6.07) is 9.87. The SMILES string of the molecule is Cc1noc(-c2ccccc2)c1CN. The summed E-state index contributed by atoms with van der Waals surface area (Å²) < 4.78 is 5.24. The van der Waals surface area contributed by atoms with Gasteiger partial charge in [-0.3, -0.25) is 0 Å². The minimum absolute atomic E-state index is 0.458. The number of hydrogen-bond acceptors (Lipinski definition) is 3. The standard InChI is InChI=1S/C11H12N2O/c1-8-10(7-12)11(14-13-8)9-5-3-2-4-6-9/h2-6H,7,12H2,1H3. The zero-order chi connectivity index (χ0) is 9.97. The summed E-state index contributed by atoms with van der Waals surface area (Å²) in [6.45, 7) is 2.36. The highest BCUT2D eigenvalue weighted by atomic mass is 16.5. The van der Waals surface area contributed by atoms with Crippen molar-refractivity contribution in [2.24, 2.45) is 5.73 Å². The van der Waals surface area contributed by atoms with Crippen molar-refractivity contribution in [3.63, 3.8) is 0 Å². The number of rotatable bonds is 2. The number of nitrogens with zero attached hydrogens (tertiary/aromatic N) is 1. The van der Waals surface area contributed by atoms with Crippen molar-refractivity contribution < 1.29 is 4.52 Å². The van der Waals surface area contributed by atoms with Crippen LogP contribution in [0, 0.1) is 6.92 Å². The first-order chi connectivity index (χ1) is 6.83. The van der Waals surface area contributed by atoms with Crippen LogP contribution >= 0.6 is 0 Å². The van der Waals surface area contributed by atoms with Crippen molar-refractivity contribution in [3.05, 3.63) is 41.6 Å². The smallest absolute Gasteiger partial charge is 0.171 e. The van der Waals surface area contributed by atoms with Gasteiger partial charge in [0.1, 0.15) is 0 Å². The Morgan fingerprint density at radius 2 is 2.00 bits per heavy atom. The zero-order valence-corrected chi connectivity index (χ0v) is 8.03. The molecule has 0 radical (unpaired) electrons. The molecule has 1 heterocycles. The fourth-order valence-corrected chi connectivity index (χ4v) is 1.45. The average molecular weight is 188 g/mol. The monoisotopic (exact) mass is 188 g/mol. The summed E-state index contributed by atoms with van der Waals surface area (Å²) in [6.07, 6.45) is 0. The molecule has 1 aromatic heterocycles. The Labute approximate surface area is 82.5 Å². The second kappa shape index (κ2) is 3.64. The predicted molar refractivity (Wildman–Crippen MR) is 54.6 cm³/mol. The summed E-state index contributed by atoms with van der Waals surface area (Å²) >= 11 is 0.